The van der Waals surface area contributed by atoms with E-state index in [9.17, 15) is 0 Å². The van der Waals surface area contributed by atoms with Gasteiger partial charge in [0, 0.05) is 13.2 Å². The molecule has 0 bridgehead atoms. The van der Waals surface area contributed by atoms with Crippen molar-refractivity contribution in [2.45, 2.75) is 26.4 Å². The minimum atomic E-state index is 0. The molecule has 0 unspecified atom stereocenters. The largest absolute Gasteiger partial charge is 0.377 e. The highest BCUT2D eigenvalue weighted by Gasteiger charge is 2.28. The second-order valence-electron chi connectivity index (χ2n) is 3.34. The average Bonchev–Trinajstić information content (AvgIpc) is 2.33. The summed E-state index contributed by atoms with van der Waals surface area (Å²) in [5.41, 5.74) is 5.54. The highest BCUT2D eigenvalue weighted by Crippen LogP contribution is 2.26. The quantitative estimate of drug-likeness (QED) is 0.696. The zero-order chi connectivity index (χ0) is 7.56. The minimum absolute atomic E-state index is 0. The third kappa shape index (κ3) is 2.62. The standard InChI is InChI=1S/C8H17NO.ClH/c1-6(2)7-3-4-10-8(7)5-9;/h6-8H,3-5,9H2,1-2H3;1H/t7-,8-;/m0./s1. The Kier molecular flexibility index (Phi) is 5.06. The first-order chi connectivity index (χ1) is 4.75. The van der Waals surface area contributed by atoms with Gasteiger partial charge in [-0.1, -0.05) is 13.8 Å². The molecule has 1 rings (SSSR count). The normalized spacial score (nSPS) is 30.5. The van der Waals surface area contributed by atoms with Crippen molar-refractivity contribution in [3.63, 3.8) is 0 Å². The van der Waals surface area contributed by atoms with Crippen LogP contribution in [0.1, 0.15) is 20.3 Å². The van der Waals surface area contributed by atoms with Crippen molar-refractivity contribution in [3.05, 3.63) is 0 Å². The zero-order valence-corrected chi connectivity index (χ0v) is 8.06. The Hall–Kier alpha value is 0.210. The molecule has 0 amide bonds. The summed E-state index contributed by atoms with van der Waals surface area (Å²) in [5.74, 6) is 1.42. The SMILES string of the molecule is CC(C)[C@@H]1CCO[C@H]1CN.Cl. The van der Waals surface area contributed by atoms with Crippen LogP contribution in [0, 0.1) is 11.8 Å². The van der Waals surface area contributed by atoms with Crippen molar-refractivity contribution in [2.75, 3.05) is 13.2 Å². The van der Waals surface area contributed by atoms with Crippen molar-refractivity contribution in [2.24, 2.45) is 17.6 Å². The molecule has 1 fully saturated rings. The zero-order valence-electron chi connectivity index (χ0n) is 7.25. The minimum Gasteiger partial charge on any atom is -0.377 e. The summed E-state index contributed by atoms with van der Waals surface area (Å²) in [7, 11) is 0. The summed E-state index contributed by atoms with van der Waals surface area (Å²) in [6.45, 7) is 6.07. The Morgan fingerprint density at radius 2 is 2.18 bits per heavy atom. The summed E-state index contributed by atoms with van der Waals surface area (Å²) >= 11 is 0. The molecule has 0 radical (unpaired) electrons. The van der Waals surface area contributed by atoms with Crippen LogP contribution in [0.5, 0.6) is 0 Å². The molecule has 0 spiro atoms. The van der Waals surface area contributed by atoms with Gasteiger partial charge in [0.15, 0.2) is 0 Å². The van der Waals surface area contributed by atoms with E-state index in [2.05, 4.69) is 13.8 Å². The van der Waals surface area contributed by atoms with Gasteiger partial charge in [-0.15, -0.1) is 12.4 Å². The Morgan fingerprint density at radius 1 is 1.55 bits per heavy atom. The molecule has 0 aliphatic carbocycles. The fourth-order valence-electron chi connectivity index (χ4n) is 1.67. The Balaban J connectivity index is 0.000001000. The van der Waals surface area contributed by atoms with E-state index in [1.807, 2.05) is 0 Å². The van der Waals surface area contributed by atoms with Crippen LogP contribution in [0.3, 0.4) is 0 Å². The lowest BCUT2D eigenvalue weighted by atomic mass is 9.90. The Labute approximate surface area is 74.9 Å². The molecule has 1 saturated heterocycles. The van der Waals surface area contributed by atoms with Crippen LogP contribution in [0.2, 0.25) is 0 Å². The number of rotatable bonds is 2. The van der Waals surface area contributed by atoms with E-state index < -0.39 is 0 Å². The van der Waals surface area contributed by atoms with E-state index in [1.54, 1.807) is 0 Å². The van der Waals surface area contributed by atoms with Gasteiger partial charge >= 0.3 is 0 Å². The first-order valence-corrected chi connectivity index (χ1v) is 4.07. The molecule has 1 aliphatic rings. The molecule has 0 aromatic heterocycles. The molecule has 11 heavy (non-hydrogen) atoms. The maximum absolute atomic E-state index is 5.54. The van der Waals surface area contributed by atoms with Gasteiger partial charge in [0.05, 0.1) is 6.10 Å². The van der Waals surface area contributed by atoms with Crippen LogP contribution in [0.25, 0.3) is 0 Å². The van der Waals surface area contributed by atoms with E-state index in [0.717, 1.165) is 12.5 Å². The van der Waals surface area contributed by atoms with Crippen LogP contribution < -0.4 is 5.73 Å². The van der Waals surface area contributed by atoms with Crippen molar-refractivity contribution < 1.29 is 4.74 Å². The third-order valence-corrected chi connectivity index (χ3v) is 2.35. The molecule has 2 N–H and O–H groups in total. The molecule has 0 aromatic carbocycles. The van der Waals surface area contributed by atoms with Gasteiger partial charge < -0.3 is 10.5 Å². The Bertz CT molecular complexity index is 108. The van der Waals surface area contributed by atoms with Crippen LogP contribution in [0.4, 0.5) is 0 Å². The van der Waals surface area contributed by atoms with Crippen molar-refractivity contribution in [1.82, 2.24) is 0 Å². The lowest BCUT2D eigenvalue weighted by Gasteiger charge is -2.19. The molecule has 1 heterocycles. The predicted molar refractivity (Wildman–Crippen MR) is 49.0 cm³/mol. The highest BCUT2D eigenvalue weighted by molar-refractivity contribution is 5.85. The van der Waals surface area contributed by atoms with E-state index >= 15 is 0 Å². The van der Waals surface area contributed by atoms with Crippen molar-refractivity contribution in [3.8, 4) is 0 Å². The van der Waals surface area contributed by atoms with E-state index in [-0.39, 0.29) is 12.4 Å². The summed E-state index contributed by atoms with van der Waals surface area (Å²) in [5, 5.41) is 0. The summed E-state index contributed by atoms with van der Waals surface area (Å²) < 4.78 is 5.45. The average molecular weight is 180 g/mol. The first-order valence-electron chi connectivity index (χ1n) is 4.07. The number of halogens is 1. The lowest BCUT2D eigenvalue weighted by molar-refractivity contribution is 0.0863. The van der Waals surface area contributed by atoms with E-state index in [4.69, 9.17) is 10.5 Å². The summed E-state index contributed by atoms with van der Waals surface area (Å²) in [6.07, 6.45) is 1.53. The molecule has 1 aliphatic heterocycles. The van der Waals surface area contributed by atoms with E-state index in [1.165, 1.54) is 6.42 Å². The maximum atomic E-state index is 5.54. The number of hydrogen-bond donors (Lipinski definition) is 1. The van der Waals surface area contributed by atoms with Gasteiger partial charge in [-0.2, -0.15) is 0 Å². The predicted octanol–water partition coefficient (Wildman–Crippen LogP) is 1.43. The number of ether oxygens (including phenoxy) is 1. The monoisotopic (exact) mass is 179 g/mol. The Morgan fingerprint density at radius 3 is 2.55 bits per heavy atom. The summed E-state index contributed by atoms with van der Waals surface area (Å²) in [4.78, 5) is 0. The van der Waals surface area contributed by atoms with Gasteiger partial charge in [0.2, 0.25) is 0 Å². The summed E-state index contributed by atoms with van der Waals surface area (Å²) in [6, 6.07) is 0. The molecule has 68 valence electrons. The van der Waals surface area contributed by atoms with Gasteiger partial charge in [-0.05, 0) is 18.3 Å². The molecule has 2 atom stereocenters. The van der Waals surface area contributed by atoms with Crippen LogP contribution in [-0.4, -0.2) is 19.3 Å². The third-order valence-electron chi connectivity index (χ3n) is 2.35. The van der Waals surface area contributed by atoms with Gasteiger partial charge in [0.1, 0.15) is 0 Å². The molecule has 0 saturated carbocycles. The number of hydrogen-bond acceptors (Lipinski definition) is 2. The molecule has 3 heteroatoms. The fraction of sp³-hybridized carbons (Fsp3) is 1.00. The topological polar surface area (TPSA) is 35.2 Å². The van der Waals surface area contributed by atoms with Crippen molar-refractivity contribution in [1.29, 1.82) is 0 Å². The lowest BCUT2D eigenvalue weighted by Crippen LogP contribution is -2.28. The first kappa shape index (κ1) is 11.2. The van der Waals surface area contributed by atoms with Crippen LogP contribution >= 0.6 is 12.4 Å². The fourth-order valence-corrected chi connectivity index (χ4v) is 1.67. The molecular weight excluding hydrogens is 162 g/mol. The van der Waals surface area contributed by atoms with Crippen molar-refractivity contribution >= 4 is 12.4 Å². The van der Waals surface area contributed by atoms with Crippen LogP contribution in [-0.2, 0) is 4.74 Å². The van der Waals surface area contributed by atoms with Gasteiger partial charge in [-0.25, -0.2) is 0 Å². The second kappa shape index (κ2) is 4.96. The molecule has 0 aromatic rings. The van der Waals surface area contributed by atoms with E-state index in [0.29, 0.717) is 18.6 Å². The number of nitrogens with two attached hydrogens (primary N) is 1. The smallest absolute Gasteiger partial charge is 0.0728 e. The van der Waals surface area contributed by atoms with Gasteiger partial charge in [-0.3, -0.25) is 0 Å². The molecular formula is C8H18ClNO. The second-order valence-corrected chi connectivity index (χ2v) is 3.34. The highest BCUT2D eigenvalue weighted by atomic mass is 35.5. The van der Waals surface area contributed by atoms with Gasteiger partial charge in [0.25, 0.3) is 0 Å². The molecule has 2 nitrogen and oxygen atoms in total. The van der Waals surface area contributed by atoms with Crippen LogP contribution in [0.15, 0.2) is 0 Å². The maximum Gasteiger partial charge on any atom is 0.0728 e.